The first-order valence-corrected chi connectivity index (χ1v) is 10.6. The summed E-state index contributed by atoms with van der Waals surface area (Å²) in [6, 6.07) is 14.1. The number of aryl methyl sites for hydroxylation is 1. The zero-order valence-corrected chi connectivity index (χ0v) is 16.9. The van der Waals surface area contributed by atoms with Gasteiger partial charge in [0.1, 0.15) is 12.3 Å². The van der Waals surface area contributed by atoms with E-state index in [1.165, 1.54) is 6.07 Å². The molecule has 0 unspecified atom stereocenters. The Morgan fingerprint density at radius 1 is 1.19 bits per heavy atom. The molecule has 0 saturated carbocycles. The van der Waals surface area contributed by atoms with Gasteiger partial charge < -0.3 is 10.1 Å². The number of nitrogens with one attached hydrogen (secondary N) is 1. The van der Waals surface area contributed by atoms with Crippen molar-refractivity contribution in [1.82, 2.24) is 5.32 Å². The van der Waals surface area contributed by atoms with E-state index in [0.29, 0.717) is 17.3 Å². The van der Waals surface area contributed by atoms with Crippen molar-refractivity contribution in [3.05, 3.63) is 59.1 Å². The van der Waals surface area contributed by atoms with Gasteiger partial charge in [-0.05, 0) is 48.7 Å². The van der Waals surface area contributed by atoms with Crippen molar-refractivity contribution in [3.63, 3.8) is 0 Å². The molecule has 6 nitrogen and oxygen atoms in total. The van der Waals surface area contributed by atoms with Crippen molar-refractivity contribution in [2.24, 2.45) is 0 Å². The monoisotopic (exact) mass is 410 g/mol. The highest BCUT2D eigenvalue weighted by Crippen LogP contribution is 2.21. The molecular formula is C19H23ClN2O4S. The average molecular weight is 411 g/mol. The number of hydrogen-bond donors (Lipinski definition) is 1. The number of halogens is 1. The first kappa shape index (κ1) is 21.1. The van der Waals surface area contributed by atoms with Crippen molar-refractivity contribution in [3.8, 4) is 5.75 Å². The van der Waals surface area contributed by atoms with Crippen LogP contribution in [0.15, 0.2) is 48.5 Å². The predicted octanol–water partition coefficient (Wildman–Crippen LogP) is 2.86. The van der Waals surface area contributed by atoms with Gasteiger partial charge in [-0.3, -0.25) is 9.10 Å². The standard InChI is InChI=1S/C19H23ClN2O4S/c1-26-18-10-3-6-15(12-18)7-5-11-21-19(23)14-22(27(2,24)25)17-9-4-8-16(20)13-17/h3-4,6,8-10,12-13H,5,7,11,14H2,1-2H3,(H,21,23). The highest BCUT2D eigenvalue weighted by atomic mass is 35.5. The molecule has 0 saturated heterocycles. The van der Waals surface area contributed by atoms with Crippen LogP contribution in [-0.2, 0) is 21.2 Å². The molecule has 8 heteroatoms. The molecule has 0 aromatic heterocycles. The molecule has 146 valence electrons. The Labute approximate surface area is 165 Å². The van der Waals surface area contributed by atoms with Gasteiger partial charge in [-0.2, -0.15) is 0 Å². The van der Waals surface area contributed by atoms with E-state index in [1.807, 2.05) is 24.3 Å². The van der Waals surface area contributed by atoms with E-state index in [4.69, 9.17) is 16.3 Å². The summed E-state index contributed by atoms with van der Waals surface area (Å²) in [5, 5.41) is 3.16. The molecule has 0 atom stereocenters. The summed E-state index contributed by atoms with van der Waals surface area (Å²) in [6.07, 6.45) is 2.57. The lowest BCUT2D eigenvalue weighted by molar-refractivity contribution is -0.119. The van der Waals surface area contributed by atoms with Crippen LogP contribution in [-0.4, -0.2) is 40.8 Å². The number of benzene rings is 2. The molecule has 2 aromatic carbocycles. The van der Waals surface area contributed by atoms with E-state index in [2.05, 4.69) is 5.32 Å². The van der Waals surface area contributed by atoms with E-state index in [9.17, 15) is 13.2 Å². The van der Waals surface area contributed by atoms with Gasteiger partial charge in [0, 0.05) is 11.6 Å². The molecule has 2 rings (SSSR count). The van der Waals surface area contributed by atoms with Gasteiger partial charge in [-0.15, -0.1) is 0 Å². The smallest absolute Gasteiger partial charge is 0.240 e. The van der Waals surface area contributed by atoms with E-state index in [1.54, 1.807) is 25.3 Å². The number of amides is 1. The van der Waals surface area contributed by atoms with Gasteiger partial charge in [0.2, 0.25) is 15.9 Å². The van der Waals surface area contributed by atoms with Crippen molar-refractivity contribution in [2.45, 2.75) is 12.8 Å². The Bertz CT molecular complexity index is 887. The van der Waals surface area contributed by atoms with Crippen molar-refractivity contribution in [2.75, 3.05) is 30.8 Å². The quantitative estimate of drug-likeness (QED) is 0.645. The fraction of sp³-hybridized carbons (Fsp3) is 0.316. The van der Waals surface area contributed by atoms with E-state index in [-0.39, 0.29) is 12.5 Å². The summed E-state index contributed by atoms with van der Waals surface area (Å²) in [6.45, 7) is 0.154. The van der Waals surface area contributed by atoms with Crippen LogP contribution < -0.4 is 14.4 Å². The maximum absolute atomic E-state index is 12.2. The third-order valence-corrected chi connectivity index (χ3v) is 5.26. The molecule has 2 aromatic rings. The van der Waals surface area contributed by atoms with E-state index < -0.39 is 10.0 Å². The summed E-state index contributed by atoms with van der Waals surface area (Å²) >= 11 is 5.93. The van der Waals surface area contributed by atoms with E-state index >= 15 is 0 Å². The van der Waals surface area contributed by atoms with Crippen LogP contribution in [0.4, 0.5) is 5.69 Å². The van der Waals surface area contributed by atoms with E-state index in [0.717, 1.165) is 34.7 Å². The Hall–Kier alpha value is -2.25. The maximum Gasteiger partial charge on any atom is 0.240 e. The lowest BCUT2D eigenvalue weighted by atomic mass is 10.1. The number of ether oxygens (including phenoxy) is 1. The van der Waals surface area contributed by atoms with Gasteiger partial charge in [0.05, 0.1) is 19.1 Å². The molecule has 1 N–H and O–H groups in total. The summed E-state index contributed by atoms with van der Waals surface area (Å²) in [4.78, 5) is 12.2. The molecular weight excluding hydrogens is 388 g/mol. The highest BCUT2D eigenvalue weighted by Gasteiger charge is 2.20. The maximum atomic E-state index is 12.2. The Kier molecular flexibility index (Phi) is 7.50. The largest absolute Gasteiger partial charge is 0.497 e. The number of anilines is 1. The minimum absolute atomic E-state index is 0.293. The highest BCUT2D eigenvalue weighted by molar-refractivity contribution is 7.92. The fourth-order valence-corrected chi connectivity index (χ4v) is 3.60. The molecule has 0 aliphatic rings. The van der Waals surface area contributed by atoms with Gasteiger partial charge >= 0.3 is 0 Å². The van der Waals surface area contributed by atoms with Gasteiger partial charge in [0.25, 0.3) is 0 Å². The van der Waals surface area contributed by atoms with Gasteiger partial charge in [-0.1, -0.05) is 29.8 Å². The second kappa shape index (κ2) is 9.62. The number of carbonyl (C=O) groups excluding carboxylic acids is 1. The Morgan fingerprint density at radius 2 is 1.93 bits per heavy atom. The van der Waals surface area contributed by atoms with Crippen LogP contribution in [0.3, 0.4) is 0 Å². The zero-order valence-electron chi connectivity index (χ0n) is 15.3. The second-order valence-electron chi connectivity index (χ2n) is 6.05. The zero-order chi connectivity index (χ0) is 19.9. The van der Waals surface area contributed by atoms with Crippen LogP contribution in [0.1, 0.15) is 12.0 Å². The van der Waals surface area contributed by atoms with Crippen molar-refractivity contribution < 1.29 is 17.9 Å². The first-order chi connectivity index (χ1) is 12.8. The number of sulfonamides is 1. The SMILES string of the molecule is COc1cccc(CCCNC(=O)CN(c2cccc(Cl)c2)S(C)(=O)=O)c1. The van der Waals surface area contributed by atoms with Gasteiger partial charge in [-0.25, -0.2) is 8.42 Å². The minimum atomic E-state index is -3.61. The summed E-state index contributed by atoms with van der Waals surface area (Å²) < 4.78 is 30.3. The predicted molar refractivity (Wildman–Crippen MR) is 108 cm³/mol. The number of methoxy groups -OCH3 is 1. The van der Waals surface area contributed by atoms with Gasteiger partial charge in [0.15, 0.2) is 0 Å². The fourth-order valence-electron chi connectivity index (χ4n) is 2.57. The topological polar surface area (TPSA) is 75.7 Å². The molecule has 0 spiro atoms. The third-order valence-electron chi connectivity index (χ3n) is 3.88. The number of hydrogen-bond acceptors (Lipinski definition) is 4. The van der Waals surface area contributed by atoms with Crippen molar-refractivity contribution >= 4 is 33.2 Å². The third kappa shape index (κ3) is 6.77. The second-order valence-corrected chi connectivity index (χ2v) is 8.40. The molecule has 0 heterocycles. The van der Waals surface area contributed by atoms with Crippen molar-refractivity contribution in [1.29, 1.82) is 0 Å². The summed E-state index contributed by atoms with van der Waals surface area (Å²) in [7, 11) is -1.99. The molecule has 0 fully saturated rings. The first-order valence-electron chi connectivity index (χ1n) is 8.42. The number of rotatable bonds is 9. The minimum Gasteiger partial charge on any atom is -0.497 e. The molecule has 0 aliphatic heterocycles. The lowest BCUT2D eigenvalue weighted by Crippen LogP contribution is -2.40. The molecule has 0 bridgehead atoms. The number of carbonyl (C=O) groups is 1. The number of nitrogens with zero attached hydrogens (tertiary/aromatic N) is 1. The summed E-state index contributed by atoms with van der Waals surface area (Å²) in [5.41, 5.74) is 1.47. The van der Waals surface area contributed by atoms with Crippen LogP contribution in [0.5, 0.6) is 5.75 Å². The molecule has 27 heavy (non-hydrogen) atoms. The normalized spacial score (nSPS) is 11.1. The van der Waals surface area contributed by atoms with Crippen LogP contribution in [0.2, 0.25) is 5.02 Å². The average Bonchev–Trinajstić information content (AvgIpc) is 2.62. The lowest BCUT2D eigenvalue weighted by Gasteiger charge is -2.22. The molecule has 1 amide bonds. The Balaban J connectivity index is 1.88. The molecule has 0 aliphatic carbocycles. The van der Waals surface area contributed by atoms with Crippen LogP contribution >= 0.6 is 11.6 Å². The van der Waals surface area contributed by atoms with Crippen LogP contribution in [0.25, 0.3) is 0 Å². The van der Waals surface area contributed by atoms with Crippen LogP contribution in [0, 0.1) is 0 Å². The Morgan fingerprint density at radius 3 is 2.59 bits per heavy atom. The molecule has 0 radical (unpaired) electrons. The summed E-state index contributed by atoms with van der Waals surface area (Å²) in [5.74, 6) is 0.424.